The standard InChI is InChI=1S/C9H8I2N2O2S/c10-13-7-9(6-11-13)16(14,15)12-8-4-2-1-3-5-8/h1-7,12H. The van der Waals surface area contributed by atoms with Gasteiger partial charge in [-0.2, -0.15) is 0 Å². The number of hydrogen-bond acceptors (Lipinski definition) is 3. The van der Waals surface area contributed by atoms with Crippen LogP contribution in [0.15, 0.2) is 41.4 Å². The molecule has 0 atom stereocenters. The highest BCUT2D eigenvalue weighted by Crippen LogP contribution is 2.26. The molecule has 0 amide bonds. The number of sulfonamides is 1. The number of rotatable bonds is 3. The maximum Gasteiger partial charge on any atom is 0.263 e. The number of halogens is 2. The molecule has 86 valence electrons. The van der Waals surface area contributed by atoms with Crippen molar-refractivity contribution in [2.75, 3.05) is 4.72 Å². The molecule has 0 aromatic heterocycles. The summed E-state index contributed by atoms with van der Waals surface area (Å²) in [7, 11) is -3.41. The van der Waals surface area contributed by atoms with E-state index in [1.807, 2.05) is 7.39 Å². The summed E-state index contributed by atoms with van der Waals surface area (Å²) in [5.41, 5.74) is 0.585. The smallest absolute Gasteiger partial charge is 0.263 e. The van der Waals surface area contributed by atoms with Crippen LogP contribution >= 0.6 is 43.9 Å². The Morgan fingerprint density at radius 3 is 2.50 bits per heavy atom. The van der Waals surface area contributed by atoms with E-state index in [1.165, 1.54) is 0 Å². The average Bonchev–Trinajstić information content (AvgIpc) is 2.66. The molecule has 4 nitrogen and oxygen atoms in total. The third kappa shape index (κ3) is 2.94. The zero-order valence-electron chi connectivity index (χ0n) is 7.97. The van der Waals surface area contributed by atoms with Gasteiger partial charge in [-0.1, -0.05) is 18.2 Å². The van der Waals surface area contributed by atoms with Crippen LogP contribution in [0.5, 0.6) is 0 Å². The van der Waals surface area contributed by atoms with Gasteiger partial charge in [0.15, 0.2) is 0 Å². The van der Waals surface area contributed by atoms with E-state index in [4.69, 9.17) is 0 Å². The monoisotopic (exact) mass is 462 g/mol. The van der Waals surface area contributed by atoms with E-state index in [1.54, 1.807) is 34.5 Å². The molecule has 1 N–H and O–H groups in total. The van der Waals surface area contributed by atoms with Gasteiger partial charge in [0.25, 0.3) is 10.0 Å². The molecule has 0 unspecified atom stereocenters. The molecule has 1 aliphatic rings. The Morgan fingerprint density at radius 1 is 1.25 bits per heavy atom. The van der Waals surface area contributed by atoms with Crippen molar-refractivity contribution in [2.24, 2.45) is 0 Å². The van der Waals surface area contributed by atoms with Crippen LogP contribution in [-0.4, -0.2) is 13.8 Å². The first-order chi connectivity index (χ1) is 7.58. The maximum atomic E-state index is 11.9. The van der Waals surface area contributed by atoms with E-state index in [0.717, 1.165) is 0 Å². The van der Waals surface area contributed by atoms with Crippen LogP contribution in [0.1, 0.15) is 0 Å². The van der Waals surface area contributed by atoms with Gasteiger partial charge in [-0.3, -0.25) is 6.05 Å². The number of nitrogens with zero attached hydrogens (tertiary/aromatic N) is 1. The molecule has 7 heteroatoms. The summed E-state index contributed by atoms with van der Waals surface area (Å²) in [6, 6.07) is 8.88. The minimum absolute atomic E-state index is 0.320. The fourth-order valence-electron chi connectivity index (χ4n) is 1.10. The van der Waals surface area contributed by atoms with Crippen molar-refractivity contribution >= 4 is 63.6 Å². The van der Waals surface area contributed by atoms with Gasteiger partial charge in [0.2, 0.25) is 0 Å². The molecule has 0 aliphatic carbocycles. The van der Waals surface area contributed by atoms with Crippen molar-refractivity contribution in [3.05, 3.63) is 41.4 Å². The van der Waals surface area contributed by atoms with Crippen molar-refractivity contribution in [1.82, 2.24) is 1.33 Å². The Bertz CT molecular complexity index is 540. The molecule has 1 aromatic carbocycles. The molecule has 0 saturated carbocycles. The minimum atomic E-state index is -3.41. The number of nitrogens with one attached hydrogen (secondary N) is 1. The lowest BCUT2D eigenvalue weighted by Gasteiger charge is -2.06. The van der Waals surface area contributed by atoms with Gasteiger partial charge < -0.3 is 0 Å². The van der Waals surface area contributed by atoms with Crippen molar-refractivity contribution in [2.45, 2.75) is 0 Å². The van der Waals surface area contributed by atoms with E-state index >= 15 is 0 Å². The van der Waals surface area contributed by atoms with Gasteiger partial charge in [-0.05, 0) is 12.1 Å². The molecular formula is C9H8I2N2O2S. The lowest BCUT2D eigenvalue weighted by molar-refractivity contribution is 0.608. The first kappa shape index (κ1) is 12.3. The first-order valence-electron chi connectivity index (χ1n) is 4.29. The lowest BCUT2D eigenvalue weighted by atomic mass is 10.3. The Labute approximate surface area is 118 Å². The Balaban J connectivity index is 2.22. The van der Waals surface area contributed by atoms with Crippen molar-refractivity contribution in [1.29, 1.82) is 0 Å². The molecule has 1 heterocycles. The summed E-state index contributed by atoms with van der Waals surface area (Å²) in [6.07, 6.45) is 1.65. The Hall–Kier alpha value is -0.160. The third-order valence-electron chi connectivity index (χ3n) is 1.81. The predicted molar refractivity (Wildman–Crippen MR) is 83.0 cm³/mol. The highest BCUT2D eigenvalue weighted by atomic mass is 127. The fourth-order valence-corrected chi connectivity index (χ4v) is 5.84. The number of benzene rings is 1. The summed E-state index contributed by atoms with van der Waals surface area (Å²) in [6.45, 7) is 0. The highest BCUT2D eigenvalue weighted by molar-refractivity contribution is 14.2. The van der Waals surface area contributed by atoms with E-state index in [0.29, 0.717) is 10.6 Å². The number of para-hydroxylation sites is 1. The summed E-state index contributed by atoms with van der Waals surface area (Å²) in [4.78, 5) is 0.360. The van der Waals surface area contributed by atoms with Gasteiger partial charge in [-0.25, -0.2) is 8.42 Å². The topological polar surface area (TPSA) is 49.4 Å². The van der Waals surface area contributed by atoms with E-state index in [2.05, 4.69) is 27.6 Å². The average molecular weight is 462 g/mol. The van der Waals surface area contributed by atoms with Crippen LogP contribution in [-0.2, 0) is 10.0 Å². The normalized spacial score (nSPS) is 15.6. The minimum Gasteiger partial charge on any atom is -0.280 e. The van der Waals surface area contributed by atoms with E-state index < -0.39 is 10.0 Å². The Kier molecular flexibility index (Phi) is 3.85. The van der Waals surface area contributed by atoms with Crippen LogP contribution in [0.2, 0.25) is 0 Å². The largest absolute Gasteiger partial charge is 0.280 e. The molecule has 2 rings (SSSR count). The Morgan fingerprint density at radius 2 is 1.94 bits per heavy atom. The van der Waals surface area contributed by atoms with Crippen LogP contribution in [0, 0.1) is 0 Å². The van der Waals surface area contributed by atoms with Crippen LogP contribution in [0.4, 0.5) is 5.69 Å². The summed E-state index contributed by atoms with van der Waals surface area (Å²) in [5.74, 6) is 0. The SMILES string of the molecule is O=S(=O)(Nc1ccccc1)C1=CN(I)I=C1. The predicted octanol–water partition coefficient (Wildman–Crippen LogP) is 2.62. The molecule has 0 radical (unpaired) electrons. The first-order valence-corrected chi connectivity index (χ1v) is 8.95. The zero-order chi connectivity index (χ0) is 11.6. The van der Waals surface area contributed by atoms with E-state index in [9.17, 15) is 8.42 Å². The summed E-state index contributed by atoms with van der Waals surface area (Å²) < 4.78 is 30.1. The van der Waals surface area contributed by atoms with Crippen molar-refractivity contribution < 1.29 is 8.42 Å². The molecule has 1 aromatic rings. The molecule has 0 bridgehead atoms. The van der Waals surface area contributed by atoms with Gasteiger partial charge in [0.05, 0.1) is 22.9 Å². The third-order valence-corrected chi connectivity index (χ3v) is 7.03. The molecule has 0 saturated heterocycles. The quantitative estimate of drug-likeness (QED) is 0.556. The molecule has 16 heavy (non-hydrogen) atoms. The second kappa shape index (κ2) is 5.00. The van der Waals surface area contributed by atoms with Crippen LogP contribution in [0.3, 0.4) is 0 Å². The number of allylic oxidation sites excluding steroid dienone is 1. The zero-order valence-corrected chi connectivity index (χ0v) is 13.1. The van der Waals surface area contributed by atoms with Crippen molar-refractivity contribution in [3.8, 4) is 0 Å². The molecule has 0 fully saturated rings. The summed E-state index contributed by atoms with van der Waals surface area (Å²) >= 11 is 1.78. The second-order valence-electron chi connectivity index (χ2n) is 2.97. The summed E-state index contributed by atoms with van der Waals surface area (Å²) in [5, 5.41) is 0. The molecular weight excluding hydrogens is 454 g/mol. The molecule has 1 aliphatic heterocycles. The van der Waals surface area contributed by atoms with Crippen LogP contribution < -0.4 is 4.72 Å². The maximum absolute atomic E-state index is 11.9. The molecule has 0 spiro atoms. The van der Waals surface area contributed by atoms with Gasteiger partial charge in [0, 0.05) is 36.9 Å². The van der Waals surface area contributed by atoms with Gasteiger partial charge in [0.1, 0.15) is 4.91 Å². The number of hydrogen-bond donors (Lipinski definition) is 1. The van der Waals surface area contributed by atoms with Gasteiger partial charge in [-0.15, -0.1) is 0 Å². The van der Waals surface area contributed by atoms with Crippen molar-refractivity contribution in [3.63, 3.8) is 0 Å². The van der Waals surface area contributed by atoms with Crippen LogP contribution in [0.25, 0.3) is 0 Å². The lowest BCUT2D eigenvalue weighted by Crippen LogP contribution is -2.14. The highest BCUT2D eigenvalue weighted by Gasteiger charge is 2.19. The van der Waals surface area contributed by atoms with Gasteiger partial charge >= 0.3 is 0 Å². The second-order valence-corrected chi connectivity index (χ2v) is 9.76. The van der Waals surface area contributed by atoms with E-state index in [-0.39, 0.29) is 21.0 Å². The fraction of sp³-hybridized carbons (Fsp3) is 0. The number of anilines is 1.